The minimum absolute atomic E-state index is 0.111. The number of carbonyl (C=O) groups excluding carboxylic acids is 2. The molecule has 1 amide bonds. The minimum atomic E-state index is -0.574. The van der Waals surface area contributed by atoms with Crippen molar-refractivity contribution in [2.45, 2.75) is 42.3 Å². The van der Waals surface area contributed by atoms with Gasteiger partial charge in [-0.2, -0.15) is 0 Å². The zero-order valence-corrected chi connectivity index (χ0v) is 25.5. The Kier molecular flexibility index (Phi) is 12.0. The topological polar surface area (TPSA) is 128 Å². The van der Waals surface area contributed by atoms with E-state index in [2.05, 4.69) is 45.3 Å². The van der Waals surface area contributed by atoms with Gasteiger partial charge in [0.05, 0.1) is 32.1 Å². The standard InChI is InChI=1S/C29H36N6O5S2/c1-4-13-40-28(37)31-21-8-6-7-20(16-21)24(9-10-27(36)38-3)32-25-18-23(35-11-14-39-15-12-35)17-22(30-25)19-41-29-34-33-26(5-2)42-29/h4,6-8,16-18,24H,1,5,9-15,19H2,2-3H3,(H,30,32)(H,31,37). The smallest absolute Gasteiger partial charge is 0.411 e. The van der Waals surface area contributed by atoms with E-state index in [0.29, 0.717) is 36.9 Å². The number of hydrogen-bond donors (Lipinski definition) is 2. The number of anilines is 3. The number of pyridine rings is 1. The lowest BCUT2D eigenvalue weighted by atomic mass is 10.0. The van der Waals surface area contributed by atoms with E-state index < -0.39 is 6.09 Å². The van der Waals surface area contributed by atoms with Gasteiger partial charge >= 0.3 is 12.1 Å². The first-order valence-corrected chi connectivity index (χ1v) is 15.5. The number of carbonyl (C=O) groups is 2. The predicted molar refractivity (Wildman–Crippen MR) is 165 cm³/mol. The molecule has 3 aromatic rings. The number of rotatable bonds is 14. The third kappa shape index (κ3) is 9.43. The van der Waals surface area contributed by atoms with Crippen molar-refractivity contribution in [2.24, 2.45) is 0 Å². The molecule has 2 aromatic heterocycles. The highest BCUT2D eigenvalue weighted by Gasteiger charge is 2.19. The van der Waals surface area contributed by atoms with Crippen LogP contribution < -0.4 is 15.5 Å². The van der Waals surface area contributed by atoms with E-state index in [1.807, 2.05) is 24.3 Å². The Balaban J connectivity index is 1.59. The summed E-state index contributed by atoms with van der Waals surface area (Å²) in [6.07, 6.45) is 2.45. The van der Waals surface area contributed by atoms with E-state index in [4.69, 9.17) is 19.2 Å². The summed E-state index contributed by atoms with van der Waals surface area (Å²) in [5.74, 6) is 1.00. The summed E-state index contributed by atoms with van der Waals surface area (Å²) in [6.45, 7) is 8.63. The second kappa shape index (κ2) is 16.1. The van der Waals surface area contributed by atoms with Crippen molar-refractivity contribution in [1.29, 1.82) is 0 Å². The first-order valence-electron chi connectivity index (χ1n) is 13.7. The first kappa shape index (κ1) is 31.3. The normalized spacial score (nSPS) is 13.7. The summed E-state index contributed by atoms with van der Waals surface area (Å²) in [7, 11) is 1.38. The Bertz CT molecular complexity index is 1350. The molecule has 2 N–H and O–H groups in total. The molecule has 11 nitrogen and oxygen atoms in total. The van der Waals surface area contributed by atoms with Crippen molar-refractivity contribution in [3.8, 4) is 0 Å². The lowest BCUT2D eigenvalue weighted by Gasteiger charge is -2.30. The number of esters is 1. The number of nitrogens with one attached hydrogen (secondary N) is 2. The van der Waals surface area contributed by atoms with Gasteiger partial charge in [-0.05, 0) is 36.6 Å². The average molecular weight is 613 g/mol. The van der Waals surface area contributed by atoms with Gasteiger partial charge in [0.15, 0.2) is 4.34 Å². The lowest BCUT2D eigenvalue weighted by molar-refractivity contribution is -0.140. The quantitative estimate of drug-likeness (QED) is 0.137. The Morgan fingerprint density at radius 1 is 1.24 bits per heavy atom. The van der Waals surface area contributed by atoms with E-state index in [-0.39, 0.29) is 25.0 Å². The van der Waals surface area contributed by atoms with Crippen LogP contribution in [0.5, 0.6) is 0 Å². The average Bonchev–Trinajstić information content (AvgIpc) is 3.49. The number of aryl methyl sites for hydroxylation is 1. The van der Waals surface area contributed by atoms with Crippen LogP contribution in [0.3, 0.4) is 0 Å². The zero-order valence-electron chi connectivity index (χ0n) is 23.8. The molecule has 42 heavy (non-hydrogen) atoms. The molecule has 13 heteroatoms. The van der Waals surface area contributed by atoms with Crippen molar-refractivity contribution in [3.63, 3.8) is 0 Å². The molecule has 0 saturated carbocycles. The molecule has 0 aliphatic carbocycles. The van der Waals surface area contributed by atoms with Crippen molar-refractivity contribution in [2.75, 3.05) is 55.6 Å². The second-order valence-electron chi connectivity index (χ2n) is 9.35. The van der Waals surface area contributed by atoms with Gasteiger partial charge in [-0.15, -0.1) is 10.2 Å². The molecule has 0 radical (unpaired) electrons. The molecule has 0 bridgehead atoms. The summed E-state index contributed by atoms with van der Waals surface area (Å²) < 4.78 is 16.4. The number of thioether (sulfide) groups is 1. The zero-order chi connectivity index (χ0) is 29.7. The molecule has 0 spiro atoms. The first-order chi connectivity index (χ1) is 20.5. The minimum Gasteiger partial charge on any atom is -0.469 e. The Morgan fingerprint density at radius 3 is 2.81 bits per heavy atom. The molecule has 4 rings (SSSR count). The van der Waals surface area contributed by atoms with Crippen LogP contribution in [0, 0.1) is 0 Å². The number of ether oxygens (including phenoxy) is 3. The maximum Gasteiger partial charge on any atom is 0.411 e. The number of morpholine rings is 1. The van der Waals surface area contributed by atoms with Crippen LogP contribution in [0.25, 0.3) is 0 Å². The second-order valence-corrected chi connectivity index (χ2v) is 11.6. The fourth-order valence-electron chi connectivity index (χ4n) is 4.29. The summed E-state index contributed by atoms with van der Waals surface area (Å²) >= 11 is 3.21. The maximum atomic E-state index is 12.1. The Hall–Kier alpha value is -3.68. The van der Waals surface area contributed by atoms with Crippen LogP contribution in [0.2, 0.25) is 0 Å². The molecule has 1 unspecified atom stereocenters. The molecular weight excluding hydrogens is 576 g/mol. The van der Waals surface area contributed by atoms with Crippen LogP contribution in [-0.4, -0.2) is 67.3 Å². The molecule has 1 atom stereocenters. The molecule has 1 aliphatic heterocycles. The number of nitrogens with zero attached hydrogens (tertiary/aromatic N) is 4. The molecule has 1 aliphatic rings. The molecule has 3 heterocycles. The van der Waals surface area contributed by atoms with Crippen LogP contribution in [0.15, 0.2) is 53.4 Å². The van der Waals surface area contributed by atoms with E-state index in [9.17, 15) is 9.59 Å². The van der Waals surface area contributed by atoms with Gasteiger partial charge in [0, 0.05) is 42.7 Å². The number of benzene rings is 1. The van der Waals surface area contributed by atoms with Gasteiger partial charge < -0.3 is 24.4 Å². The van der Waals surface area contributed by atoms with Gasteiger partial charge in [0.25, 0.3) is 0 Å². The van der Waals surface area contributed by atoms with Crippen molar-refractivity contribution < 1.29 is 23.8 Å². The SMILES string of the molecule is C=CCOC(=O)Nc1cccc(C(CCC(=O)OC)Nc2cc(N3CCOCC3)cc(CSc3nnc(CC)s3)n2)c1. The number of aromatic nitrogens is 3. The van der Waals surface area contributed by atoms with Crippen molar-refractivity contribution in [3.05, 3.63) is 65.3 Å². The van der Waals surface area contributed by atoms with Gasteiger partial charge in [-0.1, -0.05) is 54.8 Å². The molecular formula is C29H36N6O5S2. The molecule has 1 saturated heterocycles. The number of amides is 1. The summed E-state index contributed by atoms with van der Waals surface area (Å²) in [6, 6.07) is 11.3. The summed E-state index contributed by atoms with van der Waals surface area (Å²) in [5.41, 5.74) is 3.38. The van der Waals surface area contributed by atoms with Gasteiger partial charge in [0.1, 0.15) is 17.4 Å². The summed E-state index contributed by atoms with van der Waals surface area (Å²) in [4.78, 5) is 31.4. The Labute approximate surface area is 254 Å². The largest absolute Gasteiger partial charge is 0.469 e. The third-order valence-electron chi connectivity index (χ3n) is 6.39. The highest BCUT2D eigenvalue weighted by atomic mass is 32.2. The van der Waals surface area contributed by atoms with Crippen LogP contribution in [0.4, 0.5) is 22.0 Å². The van der Waals surface area contributed by atoms with Gasteiger partial charge in [-0.25, -0.2) is 9.78 Å². The maximum absolute atomic E-state index is 12.1. The number of hydrogen-bond acceptors (Lipinski definition) is 12. The van der Waals surface area contributed by atoms with Crippen LogP contribution >= 0.6 is 23.1 Å². The van der Waals surface area contributed by atoms with Crippen molar-refractivity contribution >= 4 is 52.4 Å². The number of methoxy groups -OCH3 is 1. The highest BCUT2D eigenvalue weighted by molar-refractivity contribution is 8.00. The molecule has 1 aromatic carbocycles. The third-order valence-corrected chi connectivity index (χ3v) is 8.62. The van der Waals surface area contributed by atoms with Gasteiger partial charge in [-0.3, -0.25) is 10.1 Å². The monoisotopic (exact) mass is 612 g/mol. The molecule has 224 valence electrons. The predicted octanol–water partition coefficient (Wildman–Crippen LogP) is 5.47. The fraction of sp³-hybridized carbons (Fsp3) is 0.414. The van der Waals surface area contributed by atoms with E-state index >= 15 is 0 Å². The van der Waals surface area contributed by atoms with Crippen molar-refractivity contribution in [1.82, 2.24) is 15.2 Å². The molecule has 1 fully saturated rings. The fourth-order valence-corrected chi connectivity index (χ4v) is 6.01. The highest BCUT2D eigenvalue weighted by Crippen LogP contribution is 2.31. The lowest BCUT2D eigenvalue weighted by Crippen LogP contribution is -2.36. The summed E-state index contributed by atoms with van der Waals surface area (Å²) in [5, 5.41) is 15.8. The van der Waals surface area contributed by atoms with E-state index in [1.165, 1.54) is 13.2 Å². The van der Waals surface area contributed by atoms with E-state index in [1.54, 1.807) is 29.2 Å². The Morgan fingerprint density at radius 2 is 2.07 bits per heavy atom. The van der Waals surface area contributed by atoms with Crippen LogP contribution in [0.1, 0.15) is 42.1 Å². The van der Waals surface area contributed by atoms with Gasteiger partial charge in [0.2, 0.25) is 0 Å². The van der Waals surface area contributed by atoms with E-state index in [0.717, 1.165) is 45.8 Å². The van der Waals surface area contributed by atoms with Crippen LogP contribution in [-0.2, 0) is 31.2 Å².